The third-order valence-electron chi connectivity index (χ3n) is 4.32. The zero-order chi connectivity index (χ0) is 11.0. The molecular weight excluding hydrogens is 202 g/mol. The molecule has 88 valence electrons. The first-order chi connectivity index (χ1) is 7.84. The van der Waals surface area contributed by atoms with Gasteiger partial charge in [-0.1, -0.05) is 24.4 Å². The van der Waals surface area contributed by atoms with E-state index < -0.39 is 0 Å². The van der Waals surface area contributed by atoms with Crippen molar-refractivity contribution in [3.63, 3.8) is 0 Å². The maximum absolute atomic E-state index is 5.84. The third kappa shape index (κ3) is 1.47. The van der Waals surface area contributed by atoms with Gasteiger partial charge in [-0.05, 0) is 25.7 Å². The van der Waals surface area contributed by atoms with E-state index in [0.29, 0.717) is 12.5 Å². The summed E-state index contributed by atoms with van der Waals surface area (Å²) in [6.07, 6.45) is 8.49. The van der Waals surface area contributed by atoms with Gasteiger partial charge in [-0.25, -0.2) is 0 Å². The van der Waals surface area contributed by atoms with Crippen LogP contribution in [0.4, 0.5) is 0 Å². The van der Waals surface area contributed by atoms with E-state index in [4.69, 9.17) is 10.3 Å². The molecule has 16 heavy (non-hydrogen) atoms. The van der Waals surface area contributed by atoms with Gasteiger partial charge in [0.2, 0.25) is 5.89 Å². The highest BCUT2D eigenvalue weighted by Crippen LogP contribution is 2.43. The Morgan fingerprint density at radius 3 is 2.56 bits per heavy atom. The summed E-state index contributed by atoms with van der Waals surface area (Å²) in [7, 11) is 0. The van der Waals surface area contributed by atoms with Crippen LogP contribution in [0.2, 0.25) is 0 Å². The predicted octanol–water partition coefficient (Wildman–Crippen LogP) is 2.11. The fourth-order valence-corrected chi connectivity index (χ4v) is 2.91. The van der Waals surface area contributed by atoms with Gasteiger partial charge in [0, 0.05) is 12.5 Å². The Morgan fingerprint density at radius 1 is 1.25 bits per heavy atom. The fraction of sp³-hybridized carbons (Fsp3) is 0.833. The van der Waals surface area contributed by atoms with Gasteiger partial charge in [0.25, 0.3) is 0 Å². The van der Waals surface area contributed by atoms with E-state index in [1.165, 1.54) is 32.1 Å². The van der Waals surface area contributed by atoms with E-state index in [2.05, 4.69) is 10.1 Å². The zero-order valence-corrected chi connectivity index (χ0v) is 9.61. The van der Waals surface area contributed by atoms with Gasteiger partial charge in [-0.2, -0.15) is 4.98 Å². The van der Waals surface area contributed by atoms with Crippen molar-refractivity contribution in [2.75, 3.05) is 6.54 Å². The molecule has 3 rings (SSSR count). The standard InChI is InChI=1S/C12H19N3O/c13-8-12(6-3-7-12)11-14-10(15-16-11)9-4-1-2-5-9/h9H,1-8,13H2. The van der Waals surface area contributed by atoms with Gasteiger partial charge in [-0.3, -0.25) is 0 Å². The topological polar surface area (TPSA) is 64.9 Å². The maximum Gasteiger partial charge on any atom is 0.234 e. The minimum absolute atomic E-state index is 0.0177. The van der Waals surface area contributed by atoms with Gasteiger partial charge in [0.05, 0.1) is 5.41 Å². The van der Waals surface area contributed by atoms with Gasteiger partial charge in [0.15, 0.2) is 5.82 Å². The van der Waals surface area contributed by atoms with Crippen molar-refractivity contribution >= 4 is 0 Å². The van der Waals surface area contributed by atoms with E-state index in [0.717, 1.165) is 24.6 Å². The maximum atomic E-state index is 5.84. The molecule has 0 radical (unpaired) electrons. The Bertz CT molecular complexity index is 359. The molecule has 2 N–H and O–H groups in total. The number of nitrogens with zero attached hydrogens (tertiary/aromatic N) is 2. The van der Waals surface area contributed by atoms with Crippen LogP contribution in [0.15, 0.2) is 4.52 Å². The molecular formula is C12H19N3O. The summed E-state index contributed by atoms with van der Waals surface area (Å²) in [6.45, 7) is 0.638. The smallest absolute Gasteiger partial charge is 0.234 e. The predicted molar refractivity (Wildman–Crippen MR) is 60.1 cm³/mol. The Morgan fingerprint density at radius 2 is 2.00 bits per heavy atom. The minimum Gasteiger partial charge on any atom is -0.339 e. The first-order valence-electron chi connectivity index (χ1n) is 6.38. The van der Waals surface area contributed by atoms with Crippen LogP contribution in [0.3, 0.4) is 0 Å². The number of hydrogen-bond acceptors (Lipinski definition) is 4. The van der Waals surface area contributed by atoms with Crippen LogP contribution in [0.25, 0.3) is 0 Å². The third-order valence-corrected chi connectivity index (χ3v) is 4.32. The highest BCUT2D eigenvalue weighted by molar-refractivity contribution is 5.12. The van der Waals surface area contributed by atoms with Crippen LogP contribution < -0.4 is 5.73 Å². The average molecular weight is 221 g/mol. The largest absolute Gasteiger partial charge is 0.339 e. The van der Waals surface area contributed by atoms with E-state index >= 15 is 0 Å². The zero-order valence-electron chi connectivity index (χ0n) is 9.61. The molecule has 0 bridgehead atoms. The second kappa shape index (κ2) is 3.84. The van der Waals surface area contributed by atoms with E-state index in [-0.39, 0.29) is 5.41 Å². The summed E-state index contributed by atoms with van der Waals surface area (Å²) in [5, 5.41) is 4.15. The van der Waals surface area contributed by atoms with Crippen molar-refractivity contribution in [1.29, 1.82) is 0 Å². The Kier molecular flexibility index (Phi) is 2.46. The SMILES string of the molecule is NCC1(c2nc(C3CCCC3)no2)CCC1. The fourth-order valence-electron chi connectivity index (χ4n) is 2.91. The highest BCUT2D eigenvalue weighted by Gasteiger charge is 2.43. The lowest BCUT2D eigenvalue weighted by molar-refractivity contribution is 0.181. The first kappa shape index (κ1) is 10.3. The molecule has 1 aromatic rings. The number of hydrogen-bond donors (Lipinski definition) is 1. The van der Waals surface area contributed by atoms with Crippen molar-refractivity contribution in [3.8, 4) is 0 Å². The van der Waals surface area contributed by atoms with Crippen molar-refractivity contribution in [1.82, 2.24) is 10.1 Å². The molecule has 2 aliphatic carbocycles. The minimum atomic E-state index is 0.0177. The van der Waals surface area contributed by atoms with Crippen LogP contribution in [-0.4, -0.2) is 16.7 Å². The molecule has 1 heterocycles. The highest BCUT2D eigenvalue weighted by atomic mass is 16.5. The van der Waals surface area contributed by atoms with E-state index in [1.807, 2.05) is 0 Å². The second-order valence-corrected chi connectivity index (χ2v) is 5.28. The molecule has 0 spiro atoms. The molecule has 2 saturated carbocycles. The van der Waals surface area contributed by atoms with Gasteiger partial charge in [0.1, 0.15) is 0 Å². The van der Waals surface area contributed by atoms with Crippen LogP contribution in [0, 0.1) is 0 Å². The van der Waals surface area contributed by atoms with Crippen LogP contribution in [-0.2, 0) is 5.41 Å². The molecule has 0 amide bonds. The van der Waals surface area contributed by atoms with E-state index in [1.54, 1.807) is 0 Å². The summed E-state index contributed by atoms with van der Waals surface area (Å²) in [5.74, 6) is 2.25. The number of rotatable bonds is 3. The molecule has 0 aromatic carbocycles. The number of nitrogens with two attached hydrogens (primary N) is 1. The van der Waals surface area contributed by atoms with Crippen LogP contribution >= 0.6 is 0 Å². The molecule has 0 unspecified atom stereocenters. The van der Waals surface area contributed by atoms with Crippen molar-refractivity contribution < 1.29 is 4.52 Å². The van der Waals surface area contributed by atoms with Gasteiger partial charge >= 0.3 is 0 Å². The molecule has 2 fully saturated rings. The Hall–Kier alpha value is -0.900. The Labute approximate surface area is 95.6 Å². The Balaban J connectivity index is 1.81. The quantitative estimate of drug-likeness (QED) is 0.849. The molecule has 0 saturated heterocycles. The van der Waals surface area contributed by atoms with Gasteiger partial charge < -0.3 is 10.3 Å². The lowest BCUT2D eigenvalue weighted by Crippen LogP contribution is -2.41. The van der Waals surface area contributed by atoms with Crippen molar-refractivity contribution in [2.24, 2.45) is 5.73 Å². The van der Waals surface area contributed by atoms with Crippen molar-refractivity contribution in [2.45, 2.75) is 56.3 Å². The normalized spacial score (nSPS) is 24.6. The molecule has 0 aliphatic heterocycles. The lowest BCUT2D eigenvalue weighted by Gasteiger charge is -2.36. The van der Waals surface area contributed by atoms with Gasteiger partial charge in [-0.15, -0.1) is 0 Å². The summed E-state index contributed by atoms with van der Waals surface area (Å²) in [4.78, 5) is 4.60. The molecule has 4 nitrogen and oxygen atoms in total. The lowest BCUT2D eigenvalue weighted by atomic mass is 9.69. The monoisotopic (exact) mass is 221 g/mol. The van der Waals surface area contributed by atoms with Crippen molar-refractivity contribution in [3.05, 3.63) is 11.7 Å². The summed E-state index contributed by atoms with van der Waals surface area (Å²) in [6, 6.07) is 0. The first-order valence-corrected chi connectivity index (χ1v) is 6.38. The molecule has 1 aromatic heterocycles. The molecule has 2 aliphatic rings. The summed E-state index contributed by atoms with van der Waals surface area (Å²) >= 11 is 0. The average Bonchev–Trinajstić information content (AvgIpc) is 2.86. The number of aromatic nitrogens is 2. The molecule has 0 atom stereocenters. The summed E-state index contributed by atoms with van der Waals surface area (Å²) < 4.78 is 5.43. The van der Waals surface area contributed by atoms with Crippen LogP contribution in [0.1, 0.15) is 62.6 Å². The summed E-state index contributed by atoms with van der Waals surface area (Å²) in [5.41, 5.74) is 5.85. The van der Waals surface area contributed by atoms with Crippen LogP contribution in [0.5, 0.6) is 0 Å². The van der Waals surface area contributed by atoms with E-state index in [9.17, 15) is 0 Å². The second-order valence-electron chi connectivity index (χ2n) is 5.28. The molecule has 4 heteroatoms.